The number of ether oxygens (including phenoxy) is 1. The first-order valence-corrected chi connectivity index (χ1v) is 9.19. The monoisotopic (exact) mass is 357 g/mol. The maximum atomic E-state index is 13.1. The largest absolute Gasteiger partial charge is 0.463 e. The molecular formula is C18H19N3O3S. The lowest BCUT2D eigenvalue weighted by molar-refractivity contribution is 0.0266. The Kier molecular flexibility index (Phi) is 4.67. The van der Waals surface area contributed by atoms with E-state index in [0.717, 1.165) is 12.8 Å². The average molecular weight is 357 g/mol. The first-order valence-electron chi connectivity index (χ1n) is 8.31. The molecule has 3 aromatic rings. The molecule has 0 atom stereocenters. The van der Waals surface area contributed by atoms with Crippen LogP contribution in [-0.4, -0.2) is 40.3 Å². The van der Waals surface area contributed by atoms with Gasteiger partial charge in [-0.25, -0.2) is 0 Å². The lowest BCUT2D eigenvalue weighted by Gasteiger charge is -2.33. The fourth-order valence-electron chi connectivity index (χ4n) is 3.07. The second kappa shape index (κ2) is 7.25. The van der Waals surface area contributed by atoms with Gasteiger partial charge in [0.25, 0.3) is 5.91 Å². The third kappa shape index (κ3) is 3.52. The minimum absolute atomic E-state index is 0.0608. The molecule has 25 heavy (non-hydrogen) atoms. The second-order valence-electron chi connectivity index (χ2n) is 6.00. The Morgan fingerprint density at radius 2 is 2.20 bits per heavy atom. The predicted octanol–water partition coefficient (Wildman–Crippen LogP) is 3.55. The molecule has 1 fully saturated rings. The zero-order valence-corrected chi connectivity index (χ0v) is 14.5. The zero-order valence-electron chi connectivity index (χ0n) is 13.7. The first kappa shape index (κ1) is 16.1. The number of aromatic amines is 1. The molecule has 6 nitrogen and oxygen atoms in total. The molecule has 4 heterocycles. The third-order valence-electron chi connectivity index (χ3n) is 4.38. The number of hydrogen-bond acceptors (Lipinski definition) is 5. The fourth-order valence-corrected chi connectivity index (χ4v) is 3.77. The number of nitrogens with one attached hydrogen (secondary N) is 1. The van der Waals surface area contributed by atoms with Crippen LogP contribution in [0.1, 0.15) is 28.2 Å². The van der Waals surface area contributed by atoms with Crippen LogP contribution in [0.5, 0.6) is 0 Å². The number of thiophene rings is 1. The maximum absolute atomic E-state index is 13.1. The van der Waals surface area contributed by atoms with Crippen LogP contribution in [0.2, 0.25) is 0 Å². The summed E-state index contributed by atoms with van der Waals surface area (Å²) in [6.45, 7) is 1.98. The zero-order chi connectivity index (χ0) is 17.1. The summed E-state index contributed by atoms with van der Waals surface area (Å²) in [6.07, 6.45) is 3.31. The molecule has 0 aliphatic carbocycles. The number of hydrogen-bond donors (Lipinski definition) is 1. The Morgan fingerprint density at radius 3 is 2.92 bits per heavy atom. The number of H-pyrrole nitrogens is 1. The molecule has 0 bridgehead atoms. The van der Waals surface area contributed by atoms with Crippen molar-refractivity contribution in [1.29, 1.82) is 0 Å². The number of amides is 1. The van der Waals surface area contributed by atoms with Gasteiger partial charge < -0.3 is 14.1 Å². The Morgan fingerprint density at radius 1 is 1.32 bits per heavy atom. The topological polar surface area (TPSA) is 71.4 Å². The van der Waals surface area contributed by atoms with E-state index in [1.807, 2.05) is 28.5 Å². The van der Waals surface area contributed by atoms with Crippen molar-refractivity contribution in [3.05, 3.63) is 52.5 Å². The van der Waals surface area contributed by atoms with Crippen LogP contribution < -0.4 is 0 Å². The molecule has 0 aromatic carbocycles. The Hall–Kier alpha value is -2.38. The van der Waals surface area contributed by atoms with Crippen LogP contribution in [0.4, 0.5) is 0 Å². The Balaban J connectivity index is 1.58. The lowest BCUT2D eigenvalue weighted by atomic mass is 10.1. The van der Waals surface area contributed by atoms with Crippen LogP contribution in [-0.2, 0) is 11.3 Å². The highest BCUT2D eigenvalue weighted by Gasteiger charge is 2.28. The van der Waals surface area contributed by atoms with Gasteiger partial charge in [0.15, 0.2) is 11.5 Å². The molecule has 0 saturated carbocycles. The van der Waals surface area contributed by atoms with Crippen molar-refractivity contribution in [2.24, 2.45) is 0 Å². The van der Waals surface area contributed by atoms with E-state index >= 15 is 0 Å². The van der Waals surface area contributed by atoms with Crippen LogP contribution in [0.15, 0.2) is 46.4 Å². The van der Waals surface area contributed by atoms with E-state index in [4.69, 9.17) is 9.15 Å². The highest BCUT2D eigenvalue weighted by molar-refractivity contribution is 7.09. The molecule has 130 valence electrons. The van der Waals surface area contributed by atoms with Gasteiger partial charge in [-0.15, -0.1) is 11.3 Å². The van der Waals surface area contributed by atoms with Crippen LogP contribution in [0.25, 0.3) is 11.5 Å². The van der Waals surface area contributed by atoms with Gasteiger partial charge in [0.2, 0.25) is 0 Å². The molecule has 3 aromatic heterocycles. The minimum Gasteiger partial charge on any atom is -0.463 e. The molecule has 0 unspecified atom stereocenters. The van der Waals surface area contributed by atoms with Gasteiger partial charge in [-0.1, -0.05) is 6.07 Å². The highest BCUT2D eigenvalue weighted by Crippen LogP contribution is 2.24. The molecule has 1 N–H and O–H groups in total. The molecule has 7 heteroatoms. The van der Waals surface area contributed by atoms with Crippen LogP contribution >= 0.6 is 11.3 Å². The number of nitrogens with zero attached hydrogens (tertiary/aromatic N) is 2. The lowest BCUT2D eigenvalue weighted by Crippen LogP contribution is -2.43. The summed E-state index contributed by atoms with van der Waals surface area (Å²) in [6, 6.07) is 9.64. The van der Waals surface area contributed by atoms with E-state index in [9.17, 15) is 4.79 Å². The van der Waals surface area contributed by atoms with E-state index in [2.05, 4.69) is 16.3 Å². The maximum Gasteiger partial charge on any atom is 0.274 e. The normalized spacial score (nSPS) is 15.4. The van der Waals surface area contributed by atoms with Crippen molar-refractivity contribution < 1.29 is 13.9 Å². The van der Waals surface area contributed by atoms with Crippen molar-refractivity contribution >= 4 is 17.2 Å². The van der Waals surface area contributed by atoms with Crippen molar-refractivity contribution in [3.63, 3.8) is 0 Å². The second-order valence-corrected chi connectivity index (χ2v) is 7.03. The highest BCUT2D eigenvalue weighted by atomic mass is 32.1. The third-order valence-corrected chi connectivity index (χ3v) is 5.24. The summed E-state index contributed by atoms with van der Waals surface area (Å²) in [4.78, 5) is 16.2. The Labute approximate surface area is 149 Å². The molecule has 1 saturated heterocycles. The van der Waals surface area contributed by atoms with Gasteiger partial charge in [-0.2, -0.15) is 5.10 Å². The van der Waals surface area contributed by atoms with Gasteiger partial charge in [-0.3, -0.25) is 9.89 Å². The molecule has 0 spiro atoms. The van der Waals surface area contributed by atoms with E-state index in [1.165, 1.54) is 4.88 Å². The predicted molar refractivity (Wildman–Crippen MR) is 94.3 cm³/mol. The molecule has 1 amide bonds. The van der Waals surface area contributed by atoms with Crippen molar-refractivity contribution in [1.82, 2.24) is 15.1 Å². The van der Waals surface area contributed by atoms with Crippen LogP contribution in [0.3, 0.4) is 0 Å². The van der Waals surface area contributed by atoms with Crippen molar-refractivity contribution in [2.75, 3.05) is 13.2 Å². The molecule has 1 aliphatic rings. The number of carbonyl (C=O) groups excluding carboxylic acids is 1. The summed E-state index contributed by atoms with van der Waals surface area (Å²) >= 11 is 1.66. The summed E-state index contributed by atoms with van der Waals surface area (Å²) in [7, 11) is 0. The van der Waals surface area contributed by atoms with E-state index in [-0.39, 0.29) is 11.9 Å². The van der Waals surface area contributed by atoms with E-state index in [1.54, 1.807) is 23.7 Å². The smallest absolute Gasteiger partial charge is 0.274 e. The van der Waals surface area contributed by atoms with Crippen molar-refractivity contribution in [2.45, 2.75) is 25.4 Å². The number of aromatic nitrogens is 2. The van der Waals surface area contributed by atoms with Gasteiger partial charge in [0.1, 0.15) is 5.69 Å². The van der Waals surface area contributed by atoms with Gasteiger partial charge >= 0.3 is 0 Å². The minimum atomic E-state index is -0.0608. The quantitative estimate of drug-likeness (QED) is 0.758. The summed E-state index contributed by atoms with van der Waals surface area (Å²) in [5.41, 5.74) is 1.12. The van der Waals surface area contributed by atoms with Gasteiger partial charge in [-0.05, 0) is 36.4 Å². The fraction of sp³-hybridized carbons (Fsp3) is 0.333. The molecule has 4 rings (SSSR count). The molecule has 1 aliphatic heterocycles. The Bertz CT molecular complexity index is 805. The SMILES string of the molecule is O=C(c1cc(-c2ccco2)[nH]n1)N(Cc1cccs1)C1CCOCC1. The van der Waals surface area contributed by atoms with Crippen LogP contribution in [0, 0.1) is 0 Å². The molecular weight excluding hydrogens is 338 g/mol. The summed E-state index contributed by atoms with van der Waals surface area (Å²) < 4.78 is 10.8. The first-order chi connectivity index (χ1) is 12.3. The number of carbonyl (C=O) groups is 1. The molecule has 0 radical (unpaired) electrons. The average Bonchev–Trinajstić information content (AvgIpc) is 3.42. The summed E-state index contributed by atoms with van der Waals surface area (Å²) in [5, 5.41) is 9.14. The van der Waals surface area contributed by atoms with Gasteiger partial charge in [0, 0.05) is 30.2 Å². The number of furan rings is 1. The van der Waals surface area contributed by atoms with Gasteiger partial charge in [0.05, 0.1) is 12.8 Å². The van der Waals surface area contributed by atoms with E-state index < -0.39 is 0 Å². The summed E-state index contributed by atoms with van der Waals surface area (Å²) in [5.74, 6) is 0.608. The van der Waals surface area contributed by atoms with E-state index in [0.29, 0.717) is 36.9 Å². The number of rotatable bonds is 5. The van der Waals surface area contributed by atoms with Crippen molar-refractivity contribution in [3.8, 4) is 11.5 Å². The standard InChI is InChI=1S/C18H19N3O3S/c22-18(16-11-15(19-20-16)17-4-1-7-24-17)21(12-14-3-2-10-25-14)13-5-8-23-9-6-13/h1-4,7,10-11,13H,5-6,8-9,12H2,(H,19,20).